The first kappa shape index (κ1) is 11.6. The van der Waals surface area contributed by atoms with Crippen LogP contribution in [-0.2, 0) is 17.7 Å². The Balaban J connectivity index is 2.53. The molecule has 1 amide bonds. The first-order valence-electron chi connectivity index (χ1n) is 5.25. The molecule has 82 valence electrons. The number of carbonyl (C=O) groups is 1. The Morgan fingerprint density at radius 2 is 1.93 bits per heavy atom. The zero-order valence-corrected chi connectivity index (χ0v) is 9.25. The van der Waals surface area contributed by atoms with Crippen molar-refractivity contribution in [2.75, 3.05) is 6.61 Å². The third kappa shape index (κ3) is 3.62. The fourth-order valence-electron chi connectivity index (χ4n) is 1.42. The van der Waals surface area contributed by atoms with E-state index >= 15 is 0 Å². The lowest BCUT2D eigenvalue weighted by Crippen LogP contribution is -2.24. The minimum Gasteiger partial charge on any atom is -0.450 e. The van der Waals surface area contributed by atoms with Gasteiger partial charge < -0.3 is 10.1 Å². The van der Waals surface area contributed by atoms with Crippen molar-refractivity contribution in [2.45, 2.75) is 26.8 Å². The summed E-state index contributed by atoms with van der Waals surface area (Å²) in [6.45, 7) is 4.83. The Morgan fingerprint density at radius 1 is 1.27 bits per heavy atom. The number of ether oxygens (including phenoxy) is 1. The minimum atomic E-state index is -0.358. The zero-order chi connectivity index (χ0) is 11.1. The molecule has 0 aliphatic carbocycles. The summed E-state index contributed by atoms with van der Waals surface area (Å²) in [5.74, 6) is 0. The maximum atomic E-state index is 11.1. The van der Waals surface area contributed by atoms with Crippen molar-refractivity contribution in [2.24, 2.45) is 0 Å². The van der Waals surface area contributed by atoms with Crippen LogP contribution in [0.25, 0.3) is 0 Å². The molecule has 0 heterocycles. The predicted octanol–water partition coefficient (Wildman–Crippen LogP) is 2.50. The average Bonchev–Trinajstić information content (AvgIpc) is 2.27. The summed E-state index contributed by atoms with van der Waals surface area (Å²) in [5.41, 5.74) is 2.40. The number of hydrogen-bond donors (Lipinski definition) is 1. The van der Waals surface area contributed by atoms with Crippen LogP contribution in [0.15, 0.2) is 24.3 Å². The molecule has 0 saturated carbocycles. The summed E-state index contributed by atoms with van der Waals surface area (Å²) in [6.07, 6.45) is 0.615. The molecule has 0 radical (unpaired) electrons. The number of alkyl carbamates (subject to hydrolysis) is 1. The molecule has 0 atom stereocenters. The predicted molar refractivity (Wildman–Crippen MR) is 59.7 cm³/mol. The normalized spacial score (nSPS) is 9.73. The zero-order valence-electron chi connectivity index (χ0n) is 9.25. The number of carbonyl (C=O) groups excluding carboxylic acids is 1. The van der Waals surface area contributed by atoms with Crippen LogP contribution in [0, 0.1) is 0 Å². The first-order valence-corrected chi connectivity index (χ1v) is 5.25. The lowest BCUT2D eigenvalue weighted by atomic mass is 10.1. The van der Waals surface area contributed by atoms with Gasteiger partial charge in [-0.2, -0.15) is 0 Å². The van der Waals surface area contributed by atoms with E-state index in [2.05, 4.69) is 18.3 Å². The highest BCUT2D eigenvalue weighted by Gasteiger charge is 2.02. The van der Waals surface area contributed by atoms with Crippen molar-refractivity contribution in [3.8, 4) is 0 Å². The molecule has 0 bridgehead atoms. The molecule has 0 spiro atoms. The highest BCUT2D eigenvalue weighted by atomic mass is 16.5. The Hall–Kier alpha value is -1.51. The van der Waals surface area contributed by atoms with Crippen LogP contribution in [0.2, 0.25) is 0 Å². The lowest BCUT2D eigenvalue weighted by Gasteiger charge is -2.08. The van der Waals surface area contributed by atoms with Gasteiger partial charge in [0.2, 0.25) is 0 Å². The molecular weight excluding hydrogens is 190 g/mol. The molecule has 0 saturated heterocycles. The molecule has 1 N–H and O–H groups in total. The van der Waals surface area contributed by atoms with Crippen LogP contribution in [0.3, 0.4) is 0 Å². The van der Waals surface area contributed by atoms with Gasteiger partial charge in [0.25, 0.3) is 0 Å². The van der Waals surface area contributed by atoms with E-state index < -0.39 is 0 Å². The molecular formula is C12H17NO2. The van der Waals surface area contributed by atoms with Crippen LogP contribution in [0.5, 0.6) is 0 Å². The van der Waals surface area contributed by atoms with Crippen molar-refractivity contribution < 1.29 is 9.53 Å². The van der Waals surface area contributed by atoms with E-state index in [-0.39, 0.29) is 6.09 Å². The van der Waals surface area contributed by atoms with Crippen molar-refractivity contribution in [1.82, 2.24) is 5.32 Å². The molecule has 15 heavy (non-hydrogen) atoms. The van der Waals surface area contributed by atoms with E-state index in [1.54, 1.807) is 6.92 Å². The maximum Gasteiger partial charge on any atom is 0.407 e. The second kappa shape index (κ2) is 6.06. The van der Waals surface area contributed by atoms with Gasteiger partial charge in [0.15, 0.2) is 0 Å². The van der Waals surface area contributed by atoms with Crippen LogP contribution >= 0.6 is 0 Å². The monoisotopic (exact) mass is 207 g/mol. The smallest absolute Gasteiger partial charge is 0.407 e. The average molecular weight is 207 g/mol. The van der Waals surface area contributed by atoms with Gasteiger partial charge in [0, 0.05) is 6.54 Å². The van der Waals surface area contributed by atoms with Crippen molar-refractivity contribution in [1.29, 1.82) is 0 Å². The summed E-state index contributed by atoms with van der Waals surface area (Å²) in [6, 6.07) is 8.07. The second-order valence-corrected chi connectivity index (χ2v) is 3.20. The summed E-state index contributed by atoms with van der Waals surface area (Å²) < 4.78 is 4.79. The number of hydrogen-bond acceptors (Lipinski definition) is 2. The Bertz CT molecular complexity index is 323. The van der Waals surface area contributed by atoms with Gasteiger partial charge in [0.1, 0.15) is 0 Å². The van der Waals surface area contributed by atoms with Gasteiger partial charge in [-0.3, -0.25) is 0 Å². The first-order chi connectivity index (χ1) is 7.27. The summed E-state index contributed by atoms with van der Waals surface area (Å²) in [7, 11) is 0. The van der Waals surface area contributed by atoms with Crippen molar-refractivity contribution in [3.63, 3.8) is 0 Å². The largest absolute Gasteiger partial charge is 0.450 e. The second-order valence-electron chi connectivity index (χ2n) is 3.20. The van der Waals surface area contributed by atoms with Crippen LogP contribution < -0.4 is 5.32 Å². The number of aryl methyl sites for hydroxylation is 1. The topological polar surface area (TPSA) is 38.3 Å². The molecule has 3 heteroatoms. The molecule has 1 aromatic carbocycles. The third-order valence-corrected chi connectivity index (χ3v) is 2.20. The Labute approximate surface area is 90.4 Å². The van der Waals surface area contributed by atoms with Crippen molar-refractivity contribution in [3.05, 3.63) is 35.4 Å². The summed E-state index contributed by atoms with van der Waals surface area (Å²) >= 11 is 0. The van der Waals surface area contributed by atoms with E-state index in [1.165, 1.54) is 5.56 Å². The van der Waals surface area contributed by atoms with E-state index in [0.717, 1.165) is 12.0 Å². The van der Waals surface area contributed by atoms with Gasteiger partial charge in [-0.1, -0.05) is 31.2 Å². The lowest BCUT2D eigenvalue weighted by molar-refractivity contribution is 0.151. The van der Waals surface area contributed by atoms with Crippen LogP contribution in [0.1, 0.15) is 25.0 Å². The van der Waals surface area contributed by atoms with E-state index in [9.17, 15) is 4.79 Å². The molecule has 1 rings (SSSR count). The molecule has 0 aliphatic heterocycles. The van der Waals surface area contributed by atoms with Gasteiger partial charge in [-0.05, 0) is 24.5 Å². The number of rotatable bonds is 4. The number of nitrogens with one attached hydrogen (secondary N) is 1. The number of amides is 1. The fourth-order valence-corrected chi connectivity index (χ4v) is 1.42. The quantitative estimate of drug-likeness (QED) is 0.823. The molecule has 1 aromatic rings. The molecule has 0 aromatic heterocycles. The van der Waals surface area contributed by atoms with E-state index in [1.807, 2.05) is 18.2 Å². The van der Waals surface area contributed by atoms with Gasteiger partial charge in [0.05, 0.1) is 6.61 Å². The molecule has 0 unspecified atom stereocenters. The molecule has 3 nitrogen and oxygen atoms in total. The Kier molecular flexibility index (Phi) is 4.68. The van der Waals surface area contributed by atoms with E-state index in [4.69, 9.17) is 4.74 Å². The molecule has 0 aliphatic rings. The standard InChI is InChI=1S/C12H17NO2/c1-3-10-7-5-6-8-11(10)9-13-12(14)15-4-2/h5-8H,3-4,9H2,1-2H3,(H,13,14). The van der Waals surface area contributed by atoms with Gasteiger partial charge >= 0.3 is 6.09 Å². The maximum absolute atomic E-state index is 11.1. The minimum absolute atomic E-state index is 0.358. The Morgan fingerprint density at radius 3 is 2.53 bits per heavy atom. The highest BCUT2D eigenvalue weighted by molar-refractivity contribution is 5.67. The number of benzene rings is 1. The summed E-state index contributed by atoms with van der Waals surface area (Å²) in [5, 5.41) is 2.71. The molecule has 0 fully saturated rings. The van der Waals surface area contributed by atoms with Crippen molar-refractivity contribution >= 4 is 6.09 Å². The van der Waals surface area contributed by atoms with Gasteiger partial charge in [-0.25, -0.2) is 4.79 Å². The summed E-state index contributed by atoms with van der Waals surface area (Å²) in [4.78, 5) is 11.1. The van der Waals surface area contributed by atoms with E-state index in [0.29, 0.717) is 13.2 Å². The fraction of sp³-hybridized carbons (Fsp3) is 0.417. The van der Waals surface area contributed by atoms with Crippen LogP contribution in [-0.4, -0.2) is 12.7 Å². The SMILES string of the molecule is CCOC(=O)NCc1ccccc1CC. The van der Waals surface area contributed by atoms with Crippen LogP contribution in [0.4, 0.5) is 4.79 Å². The highest BCUT2D eigenvalue weighted by Crippen LogP contribution is 2.08. The van der Waals surface area contributed by atoms with Gasteiger partial charge in [-0.15, -0.1) is 0 Å². The third-order valence-electron chi connectivity index (χ3n) is 2.20.